The summed E-state index contributed by atoms with van der Waals surface area (Å²) in [6.45, 7) is 1.47. The minimum Gasteiger partial charge on any atom is -0.491 e. The Morgan fingerprint density at radius 2 is 1.90 bits per heavy atom. The maximum absolute atomic E-state index is 9.23. The molecule has 5 rings (SSSR count). The van der Waals surface area contributed by atoms with E-state index >= 15 is 0 Å². The van der Waals surface area contributed by atoms with Crippen LogP contribution < -0.4 is 4.74 Å². The van der Waals surface area contributed by atoms with Crippen molar-refractivity contribution in [3.63, 3.8) is 0 Å². The summed E-state index contributed by atoms with van der Waals surface area (Å²) in [5.41, 5.74) is 4.84. The molecule has 160 valence electrons. The highest BCUT2D eigenvalue weighted by atomic mass is 16.5. The molecular weight excluding hydrogens is 386 g/mol. The lowest BCUT2D eigenvalue weighted by Crippen LogP contribution is -2.25. The summed E-state index contributed by atoms with van der Waals surface area (Å²) < 4.78 is 13.7. The Hall–Kier alpha value is -2.84. The molecule has 1 saturated heterocycles. The van der Waals surface area contributed by atoms with Crippen molar-refractivity contribution in [1.82, 2.24) is 9.61 Å². The zero-order chi connectivity index (χ0) is 21.0. The van der Waals surface area contributed by atoms with Gasteiger partial charge in [0.2, 0.25) is 0 Å². The monoisotopic (exact) mass is 415 g/mol. The molecular formula is C26H29N3O2. The molecule has 0 spiro atoms. The van der Waals surface area contributed by atoms with Gasteiger partial charge in [-0.3, -0.25) is 0 Å². The van der Waals surface area contributed by atoms with Crippen LogP contribution >= 0.6 is 0 Å². The Morgan fingerprint density at radius 1 is 1.06 bits per heavy atom. The fourth-order valence-electron chi connectivity index (χ4n) is 5.00. The van der Waals surface area contributed by atoms with Crippen molar-refractivity contribution in [3.05, 3.63) is 54.4 Å². The standard InChI is InChI=1S/C26H29N3O2/c27-16-19-6-8-20(9-7-19)24-5-3-14-29-26(24)25(17-28-29)21-10-12-22(13-11-21)31-18-23-4-1-2-15-30-23/h3,5,10-14,17,19-20,23H,1-2,4,6-9,15,18H2. The molecule has 31 heavy (non-hydrogen) atoms. The van der Waals surface area contributed by atoms with Gasteiger partial charge in [0.1, 0.15) is 12.4 Å². The van der Waals surface area contributed by atoms with Crippen molar-refractivity contribution in [2.45, 2.75) is 57.0 Å². The number of hydrogen-bond acceptors (Lipinski definition) is 4. The first-order chi connectivity index (χ1) is 15.3. The largest absolute Gasteiger partial charge is 0.491 e. The lowest BCUT2D eigenvalue weighted by molar-refractivity contribution is -0.0110. The van der Waals surface area contributed by atoms with Crippen LogP contribution in [0.4, 0.5) is 0 Å². The van der Waals surface area contributed by atoms with E-state index in [2.05, 4.69) is 35.4 Å². The molecule has 0 N–H and O–H groups in total. The molecule has 3 aromatic rings. The van der Waals surface area contributed by atoms with E-state index in [0.29, 0.717) is 12.5 Å². The lowest BCUT2D eigenvalue weighted by Gasteiger charge is -2.26. The van der Waals surface area contributed by atoms with Crippen LogP contribution in [-0.2, 0) is 4.74 Å². The zero-order valence-corrected chi connectivity index (χ0v) is 17.9. The highest BCUT2D eigenvalue weighted by molar-refractivity contribution is 5.83. The van der Waals surface area contributed by atoms with Crippen molar-refractivity contribution in [1.29, 1.82) is 5.26 Å². The van der Waals surface area contributed by atoms with Gasteiger partial charge in [-0.15, -0.1) is 0 Å². The van der Waals surface area contributed by atoms with E-state index in [9.17, 15) is 5.26 Å². The van der Waals surface area contributed by atoms with Crippen LogP contribution in [0, 0.1) is 17.2 Å². The van der Waals surface area contributed by atoms with E-state index in [1.807, 2.05) is 29.0 Å². The second-order valence-corrected chi connectivity index (χ2v) is 8.82. The fourth-order valence-corrected chi connectivity index (χ4v) is 5.00. The van der Waals surface area contributed by atoms with Crippen molar-refractivity contribution in [2.75, 3.05) is 13.2 Å². The van der Waals surface area contributed by atoms with Crippen molar-refractivity contribution in [3.8, 4) is 22.9 Å². The highest BCUT2D eigenvalue weighted by Gasteiger charge is 2.25. The minimum absolute atomic E-state index is 0.215. The summed E-state index contributed by atoms with van der Waals surface area (Å²) in [5, 5.41) is 13.9. The molecule has 2 aliphatic rings. The number of pyridine rings is 1. The molecule has 1 atom stereocenters. The molecule has 1 unspecified atom stereocenters. The maximum Gasteiger partial charge on any atom is 0.119 e. The second kappa shape index (κ2) is 9.11. The third kappa shape index (κ3) is 4.31. The molecule has 3 heterocycles. The molecule has 1 aliphatic carbocycles. The van der Waals surface area contributed by atoms with E-state index in [1.165, 1.54) is 17.5 Å². The normalized spacial score (nSPS) is 24.0. The fraction of sp³-hybridized carbons (Fsp3) is 0.462. The maximum atomic E-state index is 9.23. The van der Waals surface area contributed by atoms with Crippen LogP contribution in [0.25, 0.3) is 16.6 Å². The van der Waals surface area contributed by atoms with Crippen LogP contribution in [0.15, 0.2) is 48.8 Å². The number of benzene rings is 1. The van der Waals surface area contributed by atoms with Gasteiger partial charge < -0.3 is 9.47 Å². The van der Waals surface area contributed by atoms with Crippen molar-refractivity contribution >= 4 is 5.52 Å². The van der Waals surface area contributed by atoms with Crippen LogP contribution in [0.1, 0.15) is 56.4 Å². The lowest BCUT2D eigenvalue weighted by atomic mass is 9.78. The Labute approximate surface area is 183 Å². The smallest absolute Gasteiger partial charge is 0.119 e. The van der Waals surface area contributed by atoms with Crippen LogP contribution in [0.5, 0.6) is 5.75 Å². The minimum atomic E-state index is 0.215. The molecule has 5 heteroatoms. The van der Waals surface area contributed by atoms with Gasteiger partial charge in [-0.05, 0) is 80.2 Å². The Balaban J connectivity index is 1.36. The van der Waals surface area contributed by atoms with Gasteiger partial charge in [0.15, 0.2) is 0 Å². The van der Waals surface area contributed by atoms with Gasteiger partial charge in [0.25, 0.3) is 0 Å². The third-order valence-electron chi connectivity index (χ3n) is 6.80. The Bertz CT molecular complexity index is 1050. The first-order valence-electron chi connectivity index (χ1n) is 11.5. The van der Waals surface area contributed by atoms with E-state index in [1.54, 1.807) is 0 Å². The van der Waals surface area contributed by atoms with Crippen molar-refractivity contribution in [2.24, 2.45) is 5.92 Å². The van der Waals surface area contributed by atoms with E-state index in [4.69, 9.17) is 9.47 Å². The van der Waals surface area contributed by atoms with E-state index < -0.39 is 0 Å². The highest BCUT2D eigenvalue weighted by Crippen LogP contribution is 2.39. The van der Waals surface area contributed by atoms with Crippen LogP contribution in [0.2, 0.25) is 0 Å². The van der Waals surface area contributed by atoms with Gasteiger partial charge in [0, 0.05) is 24.3 Å². The van der Waals surface area contributed by atoms with E-state index in [-0.39, 0.29) is 12.0 Å². The third-order valence-corrected chi connectivity index (χ3v) is 6.80. The summed E-state index contributed by atoms with van der Waals surface area (Å²) in [7, 11) is 0. The summed E-state index contributed by atoms with van der Waals surface area (Å²) >= 11 is 0. The van der Waals surface area contributed by atoms with Gasteiger partial charge in [-0.25, -0.2) is 4.52 Å². The number of aromatic nitrogens is 2. The summed E-state index contributed by atoms with van der Waals surface area (Å²) in [6, 6.07) is 15.1. The molecule has 5 nitrogen and oxygen atoms in total. The molecule has 0 radical (unpaired) electrons. The van der Waals surface area contributed by atoms with Gasteiger partial charge in [0.05, 0.1) is 23.9 Å². The number of nitriles is 1. The number of ether oxygens (including phenoxy) is 2. The molecule has 2 aromatic heterocycles. The first-order valence-corrected chi connectivity index (χ1v) is 11.5. The topological polar surface area (TPSA) is 59.6 Å². The van der Waals surface area contributed by atoms with Crippen molar-refractivity contribution < 1.29 is 9.47 Å². The average Bonchev–Trinajstić information content (AvgIpc) is 3.28. The molecule has 1 aromatic carbocycles. The summed E-state index contributed by atoms with van der Waals surface area (Å²) in [4.78, 5) is 0. The predicted octanol–water partition coefficient (Wildman–Crippen LogP) is 5.75. The number of fused-ring (bicyclic) bond motifs is 1. The van der Waals surface area contributed by atoms with Crippen LogP contribution in [-0.4, -0.2) is 28.9 Å². The number of nitrogens with zero attached hydrogens (tertiary/aromatic N) is 3. The first kappa shape index (κ1) is 20.1. The number of hydrogen-bond donors (Lipinski definition) is 0. The zero-order valence-electron chi connectivity index (χ0n) is 17.9. The molecule has 1 aliphatic heterocycles. The molecule has 0 amide bonds. The summed E-state index contributed by atoms with van der Waals surface area (Å²) in [6.07, 6.45) is 11.8. The number of rotatable bonds is 5. The average molecular weight is 416 g/mol. The molecule has 2 fully saturated rings. The molecule has 1 saturated carbocycles. The summed E-state index contributed by atoms with van der Waals surface area (Å²) in [5.74, 6) is 1.58. The SMILES string of the molecule is N#CC1CCC(c2cccn3ncc(-c4ccc(OCC5CCCCO5)cc4)c23)CC1. The Morgan fingerprint density at radius 3 is 2.65 bits per heavy atom. The predicted molar refractivity (Wildman–Crippen MR) is 120 cm³/mol. The van der Waals surface area contributed by atoms with Crippen LogP contribution in [0.3, 0.4) is 0 Å². The second-order valence-electron chi connectivity index (χ2n) is 8.82. The Kier molecular flexibility index (Phi) is 5.90. The van der Waals surface area contributed by atoms with Gasteiger partial charge in [-0.2, -0.15) is 10.4 Å². The van der Waals surface area contributed by atoms with Gasteiger partial charge >= 0.3 is 0 Å². The van der Waals surface area contributed by atoms with Gasteiger partial charge in [-0.1, -0.05) is 18.2 Å². The van der Waals surface area contributed by atoms with E-state index in [0.717, 1.165) is 62.0 Å². The quantitative estimate of drug-likeness (QED) is 0.533. The molecule has 0 bridgehead atoms.